The minimum atomic E-state index is -1.10. The van der Waals surface area contributed by atoms with Crippen molar-refractivity contribution in [2.45, 2.75) is 5.66 Å². The number of carbonyl (C=O) groups is 2. The van der Waals surface area contributed by atoms with Crippen LogP contribution in [-0.2, 0) is 5.66 Å². The number of aromatic nitrogens is 2. The van der Waals surface area contributed by atoms with Crippen molar-refractivity contribution in [2.24, 2.45) is 0 Å². The first-order chi connectivity index (χ1) is 14.0. The largest absolute Gasteiger partial charge is 0.306 e. The molecule has 5 rings (SSSR count). The molecule has 1 fully saturated rings. The lowest BCUT2D eigenvalue weighted by Gasteiger charge is -2.40. The molecule has 0 bridgehead atoms. The van der Waals surface area contributed by atoms with Gasteiger partial charge in [-0.1, -0.05) is 28.1 Å². The molecule has 1 atom stereocenters. The van der Waals surface area contributed by atoms with Gasteiger partial charge in [-0.2, -0.15) is 4.39 Å². The van der Waals surface area contributed by atoms with Crippen LogP contribution in [0.2, 0.25) is 0 Å². The van der Waals surface area contributed by atoms with Crippen molar-refractivity contribution in [2.75, 3.05) is 13.1 Å². The quantitative estimate of drug-likeness (QED) is 0.560. The first-order valence-electron chi connectivity index (χ1n) is 8.99. The highest BCUT2D eigenvalue weighted by Crippen LogP contribution is 2.49. The molecule has 0 saturated carbocycles. The molecule has 0 aliphatic carbocycles. The van der Waals surface area contributed by atoms with Crippen molar-refractivity contribution in [1.82, 2.24) is 19.8 Å². The molecular weight excluding hydrogens is 439 g/mol. The van der Waals surface area contributed by atoms with Gasteiger partial charge >= 0.3 is 0 Å². The van der Waals surface area contributed by atoms with Crippen LogP contribution in [-0.4, -0.2) is 44.7 Å². The van der Waals surface area contributed by atoms with Gasteiger partial charge in [0.25, 0.3) is 11.8 Å². The van der Waals surface area contributed by atoms with E-state index in [1.807, 2.05) is 24.3 Å². The molecule has 0 radical (unpaired) electrons. The van der Waals surface area contributed by atoms with E-state index in [9.17, 15) is 14.0 Å². The fourth-order valence-corrected chi connectivity index (χ4v) is 4.53. The zero-order valence-corrected chi connectivity index (χ0v) is 16.6. The van der Waals surface area contributed by atoms with E-state index in [-0.39, 0.29) is 17.4 Å². The topological polar surface area (TPSA) is 66.4 Å². The first-order valence-corrected chi connectivity index (χ1v) is 9.79. The van der Waals surface area contributed by atoms with E-state index in [1.165, 1.54) is 12.3 Å². The third-order valence-electron chi connectivity index (χ3n) is 5.47. The summed E-state index contributed by atoms with van der Waals surface area (Å²) in [5.41, 5.74) is 1.12. The molecule has 29 heavy (non-hydrogen) atoms. The molecular formula is C21H14BrFN4O2. The van der Waals surface area contributed by atoms with Gasteiger partial charge in [-0.3, -0.25) is 14.6 Å². The number of pyridine rings is 2. The predicted octanol–water partition coefficient (Wildman–Crippen LogP) is 3.19. The minimum absolute atomic E-state index is 0.141. The number of rotatable bonds is 2. The standard InChI is InChI=1S/C21H14BrFN4O2/c22-15-4-2-14(3-5-15)21-17-12-24-8-7-16(17)20(29)27(21)10-9-26(21)19(28)13-1-6-18(23)25-11-13/h1-8,11-12H,9-10H2. The second-order valence-corrected chi connectivity index (χ2v) is 7.80. The minimum Gasteiger partial charge on any atom is -0.306 e. The number of benzene rings is 1. The number of hydrogen-bond donors (Lipinski definition) is 0. The third kappa shape index (κ3) is 2.45. The Labute approximate surface area is 174 Å². The van der Waals surface area contributed by atoms with E-state index < -0.39 is 11.6 Å². The maximum Gasteiger partial charge on any atom is 0.257 e. The normalized spacial score (nSPS) is 20.0. The average Bonchev–Trinajstić information content (AvgIpc) is 3.25. The van der Waals surface area contributed by atoms with Gasteiger partial charge in [-0.15, -0.1) is 0 Å². The molecule has 2 aliphatic rings. The number of hydrogen-bond acceptors (Lipinski definition) is 4. The maximum absolute atomic E-state index is 13.5. The van der Waals surface area contributed by atoms with Crippen LogP contribution in [0.1, 0.15) is 31.8 Å². The molecule has 1 saturated heterocycles. The van der Waals surface area contributed by atoms with Crippen LogP contribution >= 0.6 is 15.9 Å². The van der Waals surface area contributed by atoms with Crippen molar-refractivity contribution < 1.29 is 14.0 Å². The van der Waals surface area contributed by atoms with Gasteiger partial charge in [0.05, 0.1) is 11.1 Å². The fraction of sp³-hybridized carbons (Fsp3) is 0.143. The Morgan fingerprint density at radius 2 is 1.86 bits per heavy atom. The number of amides is 2. The van der Waals surface area contributed by atoms with Crippen molar-refractivity contribution in [3.63, 3.8) is 0 Å². The van der Waals surface area contributed by atoms with E-state index >= 15 is 0 Å². The summed E-state index contributed by atoms with van der Waals surface area (Å²) in [5, 5.41) is 0. The highest BCUT2D eigenvalue weighted by atomic mass is 79.9. The van der Waals surface area contributed by atoms with E-state index in [0.29, 0.717) is 24.2 Å². The molecule has 0 spiro atoms. The Hall–Kier alpha value is -3.13. The van der Waals surface area contributed by atoms with Crippen LogP contribution in [0.4, 0.5) is 4.39 Å². The number of nitrogens with zero attached hydrogens (tertiary/aromatic N) is 4. The van der Waals surface area contributed by atoms with Gasteiger partial charge in [0.15, 0.2) is 5.66 Å². The third-order valence-corrected chi connectivity index (χ3v) is 6.00. The molecule has 0 N–H and O–H groups in total. The van der Waals surface area contributed by atoms with E-state index in [1.54, 1.807) is 28.3 Å². The molecule has 3 aromatic rings. The lowest BCUT2D eigenvalue weighted by molar-refractivity contribution is 0.0374. The van der Waals surface area contributed by atoms with E-state index in [0.717, 1.165) is 16.1 Å². The summed E-state index contributed by atoms with van der Waals surface area (Å²) in [4.78, 5) is 37.8. The Morgan fingerprint density at radius 3 is 2.59 bits per heavy atom. The lowest BCUT2D eigenvalue weighted by Crippen LogP contribution is -2.51. The van der Waals surface area contributed by atoms with Crippen molar-refractivity contribution in [3.8, 4) is 0 Å². The second kappa shape index (κ2) is 6.45. The van der Waals surface area contributed by atoms with Crippen molar-refractivity contribution in [3.05, 3.63) is 93.7 Å². The summed E-state index contributed by atoms with van der Waals surface area (Å²) < 4.78 is 14.2. The summed E-state index contributed by atoms with van der Waals surface area (Å²) in [5.74, 6) is -1.12. The highest BCUT2D eigenvalue weighted by molar-refractivity contribution is 9.10. The van der Waals surface area contributed by atoms with Crippen LogP contribution in [0.15, 0.2) is 65.5 Å². The molecule has 2 amide bonds. The molecule has 2 aromatic heterocycles. The van der Waals surface area contributed by atoms with Gasteiger partial charge in [-0.05, 0) is 30.3 Å². The van der Waals surface area contributed by atoms with Gasteiger partial charge < -0.3 is 9.80 Å². The molecule has 144 valence electrons. The highest BCUT2D eigenvalue weighted by Gasteiger charge is 2.59. The summed E-state index contributed by atoms with van der Waals surface area (Å²) in [6.45, 7) is 0.719. The Bertz CT molecular complexity index is 1140. The van der Waals surface area contributed by atoms with Crippen LogP contribution in [0.3, 0.4) is 0 Å². The fourth-order valence-electron chi connectivity index (χ4n) is 4.27. The Morgan fingerprint density at radius 1 is 1.07 bits per heavy atom. The second-order valence-electron chi connectivity index (χ2n) is 6.88. The monoisotopic (exact) mass is 452 g/mol. The smallest absolute Gasteiger partial charge is 0.257 e. The predicted molar refractivity (Wildman–Crippen MR) is 105 cm³/mol. The molecule has 1 unspecified atom stereocenters. The molecule has 4 heterocycles. The first kappa shape index (κ1) is 17.9. The molecule has 2 aliphatic heterocycles. The number of fused-ring (bicyclic) bond motifs is 3. The van der Waals surface area contributed by atoms with Gasteiger partial charge in [0.2, 0.25) is 5.95 Å². The van der Waals surface area contributed by atoms with Gasteiger partial charge in [0.1, 0.15) is 0 Å². The van der Waals surface area contributed by atoms with Crippen molar-refractivity contribution >= 4 is 27.7 Å². The maximum atomic E-state index is 13.5. The molecule has 6 nitrogen and oxygen atoms in total. The lowest BCUT2D eigenvalue weighted by atomic mass is 9.90. The summed E-state index contributed by atoms with van der Waals surface area (Å²) in [6, 6.07) is 11.8. The zero-order valence-electron chi connectivity index (χ0n) is 15.0. The summed E-state index contributed by atoms with van der Waals surface area (Å²) in [7, 11) is 0. The molecule has 8 heteroatoms. The zero-order chi connectivity index (χ0) is 20.2. The average molecular weight is 453 g/mol. The summed E-state index contributed by atoms with van der Waals surface area (Å²) >= 11 is 3.44. The Balaban J connectivity index is 1.74. The van der Waals surface area contributed by atoms with Crippen molar-refractivity contribution in [1.29, 1.82) is 0 Å². The number of halogens is 2. The van der Waals surface area contributed by atoms with E-state index in [4.69, 9.17) is 0 Å². The van der Waals surface area contributed by atoms with Crippen LogP contribution in [0.25, 0.3) is 0 Å². The van der Waals surface area contributed by atoms with Gasteiger partial charge in [-0.25, -0.2) is 4.98 Å². The Kier molecular flexibility index (Phi) is 3.99. The summed E-state index contributed by atoms with van der Waals surface area (Å²) in [6.07, 6.45) is 4.44. The van der Waals surface area contributed by atoms with Crippen LogP contribution in [0.5, 0.6) is 0 Å². The van der Waals surface area contributed by atoms with Gasteiger partial charge in [0, 0.05) is 47.3 Å². The SMILES string of the molecule is O=C(c1ccc(F)nc1)N1CCN2C(=O)c3ccncc3C12c1ccc(Br)cc1. The van der Waals surface area contributed by atoms with Crippen LogP contribution in [0, 0.1) is 5.95 Å². The van der Waals surface area contributed by atoms with Crippen LogP contribution < -0.4 is 0 Å². The van der Waals surface area contributed by atoms with E-state index in [2.05, 4.69) is 25.9 Å². The molecule has 1 aromatic carbocycles. The number of carbonyl (C=O) groups excluding carboxylic acids is 2.